The molecule has 0 N–H and O–H groups in total. The number of fused-ring (bicyclic) bond motifs is 1. The van der Waals surface area contributed by atoms with Crippen LogP contribution in [0.3, 0.4) is 0 Å². The van der Waals surface area contributed by atoms with Crippen LogP contribution in [0.25, 0.3) is 0 Å². The van der Waals surface area contributed by atoms with Crippen molar-refractivity contribution in [2.75, 3.05) is 5.75 Å². The van der Waals surface area contributed by atoms with Gasteiger partial charge in [-0.15, -0.1) is 0 Å². The second kappa shape index (κ2) is 4.98. The second-order valence-corrected chi connectivity index (χ2v) is 6.10. The van der Waals surface area contributed by atoms with Crippen molar-refractivity contribution >= 4 is 12.6 Å². The standard InChI is InChI=1S/C13H18N2O5S/c1-6-4-15(12(17)14-10(6)16)11-9-8(7(5-21)18-11)19-13(2,3)20-9/h4,7-9,11,21H,5H2,1-3H3,(H,14,16,17)/p-1/t7-,8-,9-,11-/m1/s1. The van der Waals surface area contributed by atoms with Gasteiger partial charge in [0.15, 0.2) is 12.0 Å². The molecule has 2 aliphatic heterocycles. The number of thiol groups is 1. The van der Waals surface area contributed by atoms with Gasteiger partial charge in [0.25, 0.3) is 0 Å². The first-order valence-corrected chi connectivity index (χ1v) is 7.34. The predicted molar refractivity (Wildman–Crippen MR) is 74.3 cm³/mol. The molecule has 0 spiro atoms. The zero-order chi connectivity index (χ0) is 15.4. The van der Waals surface area contributed by atoms with Crippen LogP contribution >= 0.6 is 12.6 Å². The van der Waals surface area contributed by atoms with Crippen LogP contribution in [0.2, 0.25) is 0 Å². The fourth-order valence-corrected chi connectivity index (χ4v) is 3.06. The molecule has 2 fully saturated rings. The van der Waals surface area contributed by atoms with Crippen LogP contribution in [0.1, 0.15) is 25.6 Å². The summed E-state index contributed by atoms with van der Waals surface area (Å²) in [6.45, 7) is 5.22. The smallest absolute Gasteiger partial charge is 0.349 e. The third-order valence-electron chi connectivity index (χ3n) is 3.67. The number of aromatic nitrogens is 2. The second-order valence-electron chi connectivity index (χ2n) is 5.73. The van der Waals surface area contributed by atoms with Crippen LogP contribution in [0, 0.1) is 6.92 Å². The lowest BCUT2D eigenvalue weighted by atomic mass is 10.1. The van der Waals surface area contributed by atoms with E-state index in [1.807, 2.05) is 13.8 Å². The largest absolute Gasteiger partial charge is 0.858 e. The molecule has 0 aliphatic carbocycles. The quantitative estimate of drug-likeness (QED) is 0.772. The Balaban J connectivity index is 1.99. The Bertz CT molecular complexity index is 617. The molecule has 0 amide bonds. The summed E-state index contributed by atoms with van der Waals surface area (Å²) in [5, 5.41) is 11.4. The van der Waals surface area contributed by atoms with E-state index < -0.39 is 29.7 Å². The molecule has 3 rings (SSSR count). The van der Waals surface area contributed by atoms with Crippen LogP contribution in [0.4, 0.5) is 0 Å². The van der Waals surface area contributed by atoms with Gasteiger partial charge >= 0.3 is 5.69 Å². The van der Waals surface area contributed by atoms with E-state index in [0.29, 0.717) is 11.3 Å². The van der Waals surface area contributed by atoms with Gasteiger partial charge in [0, 0.05) is 11.9 Å². The monoisotopic (exact) mass is 313 g/mol. The molecule has 7 nitrogen and oxygen atoms in total. The van der Waals surface area contributed by atoms with E-state index in [2.05, 4.69) is 17.6 Å². The van der Waals surface area contributed by atoms with Crippen molar-refractivity contribution in [3.8, 4) is 5.88 Å². The first-order chi connectivity index (χ1) is 9.82. The van der Waals surface area contributed by atoms with Crippen molar-refractivity contribution in [1.82, 2.24) is 9.55 Å². The summed E-state index contributed by atoms with van der Waals surface area (Å²) in [6.07, 6.45) is -0.248. The van der Waals surface area contributed by atoms with E-state index in [9.17, 15) is 9.90 Å². The highest BCUT2D eigenvalue weighted by Crippen LogP contribution is 2.42. The van der Waals surface area contributed by atoms with Gasteiger partial charge in [-0.05, 0) is 32.2 Å². The predicted octanol–water partition coefficient (Wildman–Crippen LogP) is -0.0274. The molecule has 0 saturated carbocycles. The van der Waals surface area contributed by atoms with E-state index in [1.165, 1.54) is 10.8 Å². The molecule has 0 radical (unpaired) electrons. The van der Waals surface area contributed by atoms with Crippen molar-refractivity contribution in [3.63, 3.8) is 0 Å². The highest BCUT2D eigenvalue weighted by Gasteiger charge is 2.55. The Morgan fingerprint density at radius 1 is 1.43 bits per heavy atom. The Morgan fingerprint density at radius 3 is 2.76 bits per heavy atom. The first kappa shape index (κ1) is 14.8. The molecule has 1 aromatic heterocycles. The summed E-state index contributed by atoms with van der Waals surface area (Å²) in [5.41, 5.74) is -0.273. The molecule has 0 unspecified atom stereocenters. The van der Waals surface area contributed by atoms with Crippen LogP contribution < -0.4 is 10.8 Å². The Hall–Kier alpha value is -1.09. The van der Waals surface area contributed by atoms with Gasteiger partial charge < -0.3 is 19.3 Å². The molecule has 2 saturated heterocycles. The summed E-state index contributed by atoms with van der Waals surface area (Å²) in [5.74, 6) is -0.832. The highest BCUT2D eigenvalue weighted by atomic mass is 32.1. The third-order valence-corrected chi connectivity index (χ3v) is 4.03. The molecule has 0 bridgehead atoms. The lowest BCUT2D eigenvalue weighted by molar-refractivity contribution is -0.276. The maximum Gasteiger partial charge on any atom is 0.349 e. The summed E-state index contributed by atoms with van der Waals surface area (Å²) in [7, 11) is 0. The maximum atomic E-state index is 12.0. The zero-order valence-corrected chi connectivity index (χ0v) is 12.9. The fourth-order valence-electron chi connectivity index (χ4n) is 2.76. The molecule has 0 aromatic carbocycles. The minimum atomic E-state index is -0.747. The van der Waals surface area contributed by atoms with E-state index in [4.69, 9.17) is 14.2 Å². The normalized spacial score (nSPS) is 34.1. The van der Waals surface area contributed by atoms with Gasteiger partial charge in [0.2, 0.25) is 0 Å². The van der Waals surface area contributed by atoms with E-state index in [1.54, 1.807) is 6.92 Å². The Kier molecular flexibility index (Phi) is 3.52. The van der Waals surface area contributed by atoms with E-state index in [0.717, 1.165) is 0 Å². The van der Waals surface area contributed by atoms with Crippen LogP contribution in [-0.4, -0.2) is 39.4 Å². The van der Waals surface area contributed by atoms with Crippen molar-refractivity contribution < 1.29 is 19.3 Å². The molecular formula is C13H17N2O5S-. The molecule has 4 atom stereocenters. The Labute approximate surface area is 127 Å². The third kappa shape index (κ3) is 2.46. The SMILES string of the molecule is Cc1cn([C@@H]2O[C@H](CS)[C@H]3OC(C)(C)O[C@H]32)c(=O)nc1[O-]. The molecule has 116 valence electrons. The lowest BCUT2D eigenvalue weighted by Gasteiger charge is -2.25. The number of hydrogen-bond acceptors (Lipinski definition) is 7. The number of hydrogen-bond donors (Lipinski definition) is 1. The highest BCUT2D eigenvalue weighted by molar-refractivity contribution is 7.80. The summed E-state index contributed by atoms with van der Waals surface area (Å²) in [4.78, 5) is 15.5. The van der Waals surface area contributed by atoms with Gasteiger partial charge in [-0.25, -0.2) is 9.78 Å². The van der Waals surface area contributed by atoms with Crippen LogP contribution in [-0.2, 0) is 14.2 Å². The Morgan fingerprint density at radius 2 is 2.10 bits per heavy atom. The van der Waals surface area contributed by atoms with Crippen molar-refractivity contribution in [1.29, 1.82) is 0 Å². The number of nitrogens with zero attached hydrogens (tertiary/aromatic N) is 2. The summed E-state index contributed by atoms with van der Waals surface area (Å²) in [6, 6.07) is 0. The summed E-state index contributed by atoms with van der Waals surface area (Å²) >= 11 is 4.26. The van der Waals surface area contributed by atoms with Crippen molar-refractivity contribution in [2.24, 2.45) is 0 Å². The first-order valence-electron chi connectivity index (χ1n) is 6.71. The van der Waals surface area contributed by atoms with Gasteiger partial charge in [-0.3, -0.25) is 4.57 Å². The minimum absolute atomic E-state index is 0.288. The van der Waals surface area contributed by atoms with E-state index >= 15 is 0 Å². The molecule has 2 aliphatic rings. The summed E-state index contributed by atoms with van der Waals surface area (Å²) < 4.78 is 18.8. The number of ether oxygens (including phenoxy) is 3. The molecule has 3 heterocycles. The molecule has 8 heteroatoms. The average Bonchev–Trinajstić information content (AvgIpc) is 2.87. The fraction of sp³-hybridized carbons (Fsp3) is 0.692. The number of aryl methyl sites for hydroxylation is 1. The molecular weight excluding hydrogens is 296 g/mol. The zero-order valence-electron chi connectivity index (χ0n) is 12.0. The van der Waals surface area contributed by atoms with Crippen LogP contribution in [0.5, 0.6) is 5.88 Å². The van der Waals surface area contributed by atoms with E-state index in [-0.39, 0.29) is 12.2 Å². The maximum absolute atomic E-state index is 12.0. The van der Waals surface area contributed by atoms with Gasteiger partial charge in [-0.1, -0.05) is 0 Å². The average molecular weight is 313 g/mol. The molecule has 21 heavy (non-hydrogen) atoms. The van der Waals surface area contributed by atoms with Gasteiger partial charge in [0.05, 0.1) is 6.10 Å². The van der Waals surface area contributed by atoms with Crippen LogP contribution in [0.15, 0.2) is 11.0 Å². The topological polar surface area (TPSA) is 85.6 Å². The van der Waals surface area contributed by atoms with Crippen molar-refractivity contribution in [2.45, 2.75) is 51.1 Å². The van der Waals surface area contributed by atoms with Crippen molar-refractivity contribution in [3.05, 3.63) is 22.2 Å². The van der Waals surface area contributed by atoms with Gasteiger partial charge in [0.1, 0.15) is 12.2 Å². The lowest BCUT2D eigenvalue weighted by Crippen LogP contribution is -2.35. The number of rotatable bonds is 2. The minimum Gasteiger partial charge on any atom is -0.858 e. The molecule has 1 aromatic rings. The van der Waals surface area contributed by atoms with Gasteiger partial charge in [-0.2, -0.15) is 12.6 Å².